The topological polar surface area (TPSA) is 38.8 Å². The third-order valence-corrected chi connectivity index (χ3v) is 2.69. The summed E-state index contributed by atoms with van der Waals surface area (Å²) in [6.07, 6.45) is 0. The van der Waals surface area contributed by atoms with Gasteiger partial charge in [0.1, 0.15) is 6.61 Å². The Hall–Kier alpha value is -1.65. The number of carbonyl (C=O) groups is 1. The predicted octanol–water partition coefficient (Wildman–Crippen LogP) is 2.05. The molecule has 1 aliphatic rings. The zero-order chi connectivity index (χ0) is 12.3. The van der Waals surface area contributed by atoms with Crippen LogP contribution in [0.1, 0.15) is 18.5 Å². The van der Waals surface area contributed by atoms with Crippen LogP contribution < -0.4 is 0 Å². The molecule has 4 nitrogen and oxygen atoms in total. The maximum atomic E-state index is 12.0. The highest BCUT2D eigenvalue weighted by Gasteiger charge is 2.29. The van der Waals surface area contributed by atoms with Crippen molar-refractivity contribution in [2.75, 3.05) is 13.3 Å². The molecular formula is C13H15NO3. The predicted molar refractivity (Wildman–Crippen MR) is 62.7 cm³/mol. The molecular weight excluding hydrogens is 218 g/mol. The molecule has 4 heteroatoms. The van der Waals surface area contributed by atoms with Gasteiger partial charge in [-0.3, -0.25) is 4.79 Å². The number of hydrogen-bond acceptors (Lipinski definition) is 3. The van der Waals surface area contributed by atoms with Gasteiger partial charge in [0, 0.05) is 5.57 Å². The van der Waals surface area contributed by atoms with E-state index in [1.54, 1.807) is 11.8 Å². The van der Waals surface area contributed by atoms with Crippen LogP contribution in [0.4, 0.5) is 0 Å². The Morgan fingerprint density at radius 3 is 2.71 bits per heavy atom. The molecule has 1 amide bonds. The van der Waals surface area contributed by atoms with Crippen molar-refractivity contribution in [3.05, 3.63) is 48.0 Å². The zero-order valence-corrected chi connectivity index (χ0v) is 9.76. The quantitative estimate of drug-likeness (QED) is 0.579. The van der Waals surface area contributed by atoms with Gasteiger partial charge < -0.3 is 4.90 Å². The molecule has 0 bridgehead atoms. The van der Waals surface area contributed by atoms with E-state index in [9.17, 15) is 4.79 Å². The summed E-state index contributed by atoms with van der Waals surface area (Å²) in [7, 11) is 0. The van der Waals surface area contributed by atoms with Gasteiger partial charge in [0.05, 0.1) is 6.04 Å². The molecule has 90 valence electrons. The van der Waals surface area contributed by atoms with Crippen molar-refractivity contribution in [3.63, 3.8) is 0 Å². The van der Waals surface area contributed by atoms with Gasteiger partial charge in [-0.2, -0.15) is 0 Å². The van der Waals surface area contributed by atoms with Crippen LogP contribution in [0, 0.1) is 0 Å². The fourth-order valence-corrected chi connectivity index (χ4v) is 1.78. The highest BCUT2D eigenvalue weighted by Crippen LogP contribution is 2.25. The van der Waals surface area contributed by atoms with E-state index in [4.69, 9.17) is 9.78 Å². The molecule has 2 rings (SSSR count). The van der Waals surface area contributed by atoms with Crippen LogP contribution in [0.2, 0.25) is 0 Å². The zero-order valence-electron chi connectivity index (χ0n) is 9.76. The van der Waals surface area contributed by atoms with Crippen LogP contribution in [0.5, 0.6) is 0 Å². The van der Waals surface area contributed by atoms with Crippen molar-refractivity contribution in [1.82, 2.24) is 4.90 Å². The smallest absolute Gasteiger partial charge is 0.251 e. The molecule has 0 spiro atoms. The van der Waals surface area contributed by atoms with Crippen LogP contribution in [0.15, 0.2) is 42.5 Å². The van der Waals surface area contributed by atoms with E-state index in [0.29, 0.717) is 12.2 Å². The summed E-state index contributed by atoms with van der Waals surface area (Å²) >= 11 is 0. The summed E-state index contributed by atoms with van der Waals surface area (Å²) in [5.41, 5.74) is 1.53. The highest BCUT2D eigenvalue weighted by atomic mass is 17.2. The molecule has 17 heavy (non-hydrogen) atoms. The second kappa shape index (κ2) is 5.12. The molecule has 0 N–H and O–H groups in total. The fourth-order valence-electron chi connectivity index (χ4n) is 1.78. The summed E-state index contributed by atoms with van der Waals surface area (Å²) in [5, 5.41) is 0. The molecule has 0 aliphatic carbocycles. The van der Waals surface area contributed by atoms with E-state index in [0.717, 1.165) is 5.56 Å². The Morgan fingerprint density at radius 1 is 1.35 bits per heavy atom. The van der Waals surface area contributed by atoms with E-state index in [-0.39, 0.29) is 18.7 Å². The van der Waals surface area contributed by atoms with Gasteiger partial charge in [-0.1, -0.05) is 36.9 Å². The first-order valence-electron chi connectivity index (χ1n) is 5.46. The number of hydrogen-bond donors (Lipinski definition) is 0. The van der Waals surface area contributed by atoms with E-state index >= 15 is 0 Å². The van der Waals surface area contributed by atoms with Crippen molar-refractivity contribution in [1.29, 1.82) is 0 Å². The van der Waals surface area contributed by atoms with Crippen LogP contribution >= 0.6 is 0 Å². The van der Waals surface area contributed by atoms with Crippen molar-refractivity contribution >= 4 is 5.91 Å². The Labute approximate surface area is 100 Å². The second-order valence-electron chi connectivity index (χ2n) is 4.01. The fraction of sp³-hybridized carbons (Fsp3) is 0.308. The highest BCUT2D eigenvalue weighted by molar-refractivity contribution is 5.92. The van der Waals surface area contributed by atoms with Crippen molar-refractivity contribution in [2.45, 2.75) is 13.0 Å². The molecule has 1 heterocycles. The van der Waals surface area contributed by atoms with Gasteiger partial charge in [0.15, 0.2) is 6.73 Å². The standard InChI is InChI=1S/C13H15NO3/c1-10(2)13(15)14-9-17-16-8-12(14)11-6-4-3-5-7-11/h3-7,12H,1,8-9H2,2H3. The Balaban J connectivity index is 2.24. The van der Waals surface area contributed by atoms with Crippen molar-refractivity contribution in [3.8, 4) is 0 Å². The average Bonchev–Trinajstić information content (AvgIpc) is 2.39. The lowest BCUT2D eigenvalue weighted by atomic mass is 10.1. The number of benzene rings is 1. The number of amides is 1. The van der Waals surface area contributed by atoms with Crippen molar-refractivity contribution < 1.29 is 14.6 Å². The Morgan fingerprint density at radius 2 is 2.06 bits per heavy atom. The first kappa shape index (κ1) is 11.8. The summed E-state index contributed by atoms with van der Waals surface area (Å²) in [4.78, 5) is 23.4. The van der Waals surface area contributed by atoms with Gasteiger partial charge in [-0.05, 0) is 12.5 Å². The molecule has 1 unspecified atom stereocenters. The maximum Gasteiger partial charge on any atom is 0.251 e. The average molecular weight is 233 g/mol. The monoisotopic (exact) mass is 233 g/mol. The summed E-state index contributed by atoms with van der Waals surface area (Å²) < 4.78 is 0. The van der Waals surface area contributed by atoms with E-state index in [2.05, 4.69) is 6.58 Å². The number of rotatable bonds is 2. The second-order valence-corrected chi connectivity index (χ2v) is 4.01. The molecule has 0 saturated carbocycles. The van der Waals surface area contributed by atoms with Crippen LogP contribution in [-0.4, -0.2) is 24.1 Å². The SMILES string of the molecule is C=C(C)C(=O)N1COOCC1c1ccccc1. The Bertz CT molecular complexity index is 416. The van der Waals surface area contributed by atoms with Gasteiger partial charge in [-0.15, -0.1) is 0 Å². The lowest BCUT2D eigenvalue weighted by Crippen LogP contribution is -2.42. The summed E-state index contributed by atoms with van der Waals surface area (Å²) in [6, 6.07) is 9.64. The summed E-state index contributed by atoms with van der Waals surface area (Å²) in [6.45, 7) is 5.83. The number of nitrogens with zero attached hydrogens (tertiary/aromatic N) is 1. The first-order valence-corrected chi connectivity index (χ1v) is 5.46. The Kier molecular flexibility index (Phi) is 3.56. The minimum Gasteiger partial charge on any atom is -0.303 e. The minimum absolute atomic E-state index is 0.109. The molecule has 1 saturated heterocycles. The van der Waals surface area contributed by atoms with E-state index < -0.39 is 0 Å². The lowest BCUT2D eigenvalue weighted by Gasteiger charge is -2.34. The lowest BCUT2D eigenvalue weighted by molar-refractivity contribution is -0.350. The maximum absolute atomic E-state index is 12.0. The molecule has 0 aromatic heterocycles. The minimum atomic E-state index is -0.117. The van der Waals surface area contributed by atoms with Gasteiger partial charge in [-0.25, -0.2) is 9.78 Å². The molecule has 1 aromatic carbocycles. The van der Waals surface area contributed by atoms with E-state index in [1.807, 2.05) is 30.3 Å². The van der Waals surface area contributed by atoms with Crippen LogP contribution in [0.25, 0.3) is 0 Å². The number of carbonyl (C=O) groups excluding carboxylic acids is 1. The molecule has 0 radical (unpaired) electrons. The summed E-state index contributed by atoms with van der Waals surface area (Å²) in [5.74, 6) is -0.109. The molecule has 1 atom stereocenters. The van der Waals surface area contributed by atoms with Crippen LogP contribution in [-0.2, 0) is 14.6 Å². The molecule has 1 fully saturated rings. The first-order chi connectivity index (χ1) is 8.20. The van der Waals surface area contributed by atoms with Crippen molar-refractivity contribution in [2.24, 2.45) is 0 Å². The third kappa shape index (κ3) is 2.54. The van der Waals surface area contributed by atoms with Gasteiger partial charge in [0.2, 0.25) is 0 Å². The van der Waals surface area contributed by atoms with E-state index in [1.165, 1.54) is 0 Å². The molecule has 1 aliphatic heterocycles. The third-order valence-electron chi connectivity index (χ3n) is 2.69. The largest absolute Gasteiger partial charge is 0.303 e. The van der Waals surface area contributed by atoms with Gasteiger partial charge in [0.25, 0.3) is 5.91 Å². The van der Waals surface area contributed by atoms with Gasteiger partial charge >= 0.3 is 0 Å². The normalized spacial score (nSPS) is 20.1. The van der Waals surface area contributed by atoms with Crippen LogP contribution in [0.3, 0.4) is 0 Å². The molecule has 1 aromatic rings.